The highest BCUT2D eigenvalue weighted by atomic mass is 16.5. The van der Waals surface area contributed by atoms with E-state index in [2.05, 4.69) is 17.1 Å². The Bertz CT molecular complexity index is 734. The fourth-order valence-electron chi connectivity index (χ4n) is 3.67. The van der Waals surface area contributed by atoms with Gasteiger partial charge in [0, 0.05) is 31.0 Å². The number of amides is 1. The highest BCUT2D eigenvalue weighted by molar-refractivity contribution is 5.76. The number of aromatic nitrogens is 2. The summed E-state index contributed by atoms with van der Waals surface area (Å²) in [4.78, 5) is 19.0. The van der Waals surface area contributed by atoms with Crippen LogP contribution in [0.4, 0.5) is 0 Å². The number of unbranched alkanes of at least 4 members (excludes halogenated alkanes) is 4. The van der Waals surface area contributed by atoms with Gasteiger partial charge in [0.15, 0.2) is 0 Å². The van der Waals surface area contributed by atoms with Gasteiger partial charge in [0.2, 0.25) is 17.6 Å². The minimum absolute atomic E-state index is 0.230. The van der Waals surface area contributed by atoms with Crippen molar-refractivity contribution in [3.05, 3.63) is 30.2 Å². The maximum Gasteiger partial charge on any atom is 0.230 e. The molecule has 1 aromatic carbocycles. The van der Waals surface area contributed by atoms with Crippen LogP contribution in [-0.2, 0) is 4.79 Å². The first-order valence-corrected chi connectivity index (χ1v) is 10.5. The molecule has 0 unspecified atom stereocenters. The summed E-state index contributed by atoms with van der Waals surface area (Å²) in [6, 6.07) is 7.62. The molecule has 1 aliphatic heterocycles. The van der Waals surface area contributed by atoms with E-state index >= 15 is 0 Å². The number of methoxy groups -OCH3 is 1. The number of benzene rings is 1. The average molecular weight is 386 g/mol. The summed E-state index contributed by atoms with van der Waals surface area (Å²) in [7, 11) is 1.64. The molecule has 0 N–H and O–H groups in total. The Labute approximate surface area is 167 Å². The molecule has 2 aromatic rings. The van der Waals surface area contributed by atoms with Crippen molar-refractivity contribution in [3.63, 3.8) is 0 Å². The van der Waals surface area contributed by atoms with Gasteiger partial charge in [-0.05, 0) is 43.5 Å². The van der Waals surface area contributed by atoms with Crippen molar-refractivity contribution in [1.29, 1.82) is 0 Å². The zero-order valence-electron chi connectivity index (χ0n) is 17.0. The first-order chi connectivity index (χ1) is 13.7. The molecule has 0 bridgehead atoms. The number of nitrogens with zero attached hydrogens (tertiary/aromatic N) is 3. The lowest BCUT2D eigenvalue weighted by atomic mass is 9.96. The molecule has 0 atom stereocenters. The van der Waals surface area contributed by atoms with Crippen molar-refractivity contribution in [3.8, 4) is 17.1 Å². The first-order valence-electron chi connectivity index (χ1n) is 10.5. The maximum atomic E-state index is 12.4. The van der Waals surface area contributed by atoms with Gasteiger partial charge in [0.25, 0.3) is 0 Å². The number of likely N-dealkylation sites (tertiary alicyclic amines) is 1. The van der Waals surface area contributed by atoms with E-state index in [1.165, 1.54) is 19.3 Å². The van der Waals surface area contributed by atoms with Gasteiger partial charge in [-0.2, -0.15) is 4.98 Å². The Morgan fingerprint density at radius 1 is 1.14 bits per heavy atom. The highest BCUT2D eigenvalue weighted by Crippen LogP contribution is 2.29. The number of ether oxygens (including phenoxy) is 1. The van der Waals surface area contributed by atoms with Crippen molar-refractivity contribution in [1.82, 2.24) is 15.0 Å². The largest absolute Gasteiger partial charge is 0.497 e. The van der Waals surface area contributed by atoms with Crippen LogP contribution >= 0.6 is 0 Å². The molecule has 0 aliphatic carbocycles. The van der Waals surface area contributed by atoms with E-state index in [0.717, 1.165) is 50.1 Å². The van der Waals surface area contributed by atoms with Crippen LogP contribution in [0.15, 0.2) is 28.8 Å². The second-order valence-corrected chi connectivity index (χ2v) is 7.50. The predicted octanol–water partition coefficient (Wildman–Crippen LogP) is 4.81. The summed E-state index contributed by atoms with van der Waals surface area (Å²) in [6.45, 7) is 3.76. The van der Waals surface area contributed by atoms with Crippen molar-refractivity contribution < 1.29 is 14.1 Å². The van der Waals surface area contributed by atoms with Crippen LogP contribution in [0.2, 0.25) is 0 Å². The lowest BCUT2D eigenvalue weighted by Gasteiger charge is -2.30. The smallest absolute Gasteiger partial charge is 0.230 e. The van der Waals surface area contributed by atoms with Gasteiger partial charge in [-0.15, -0.1) is 0 Å². The molecule has 6 nitrogen and oxygen atoms in total. The molecule has 1 aliphatic rings. The Morgan fingerprint density at radius 2 is 1.86 bits per heavy atom. The second-order valence-electron chi connectivity index (χ2n) is 7.50. The summed E-state index contributed by atoms with van der Waals surface area (Å²) in [6.07, 6.45) is 8.34. The van der Waals surface area contributed by atoms with Crippen molar-refractivity contribution in [2.45, 2.75) is 64.2 Å². The average Bonchev–Trinajstić information content (AvgIpc) is 3.24. The van der Waals surface area contributed by atoms with Gasteiger partial charge < -0.3 is 14.2 Å². The highest BCUT2D eigenvalue weighted by Gasteiger charge is 2.27. The number of hydrogen-bond acceptors (Lipinski definition) is 5. The molecule has 1 saturated heterocycles. The molecular formula is C22H31N3O3. The second kappa shape index (κ2) is 10.2. The minimum atomic E-state index is 0.230. The van der Waals surface area contributed by atoms with Crippen LogP contribution in [0.25, 0.3) is 11.4 Å². The summed E-state index contributed by atoms with van der Waals surface area (Å²) < 4.78 is 10.7. The Morgan fingerprint density at radius 3 is 2.54 bits per heavy atom. The standard InChI is InChI=1S/C22H31N3O3/c1-3-4-5-6-7-8-20(26)25-15-13-18(14-16-25)22-23-21(24-28-22)17-9-11-19(27-2)12-10-17/h9-12,18H,3-8,13-16H2,1-2H3. The van der Waals surface area contributed by atoms with Crippen LogP contribution < -0.4 is 4.74 Å². The third-order valence-electron chi connectivity index (χ3n) is 5.48. The fourth-order valence-corrected chi connectivity index (χ4v) is 3.67. The number of carbonyl (C=O) groups is 1. The molecule has 0 spiro atoms. The number of piperidine rings is 1. The number of carbonyl (C=O) groups excluding carboxylic acids is 1. The molecular weight excluding hydrogens is 354 g/mol. The van der Waals surface area contributed by atoms with Crippen molar-refractivity contribution in [2.24, 2.45) is 0 Å². The van der Waals surface area contributed by atoms with Crippen molar-refractivity contribution in [2.75, 3.05) is 20.2 Å². The molecule has 1 fully saturated rings. The van der Waals surface area contributed by atoms with Gasteiger partial charge in [-0.25, -0.2) is 0 Å². The van der Waals surface area contributed by atoms with Gasteiger partial charge in [0.05, 0.1) is 7.11 Å². The normalized spacial score (nSPS) is 15.0. The lowest BCUT2D eigenvalue weighted by molar-refractivity contribution is -0.132. The molecule has 0 radical (unpaired) electrons. The van der Waals surface area contributed by atoms with E-state index in [-0.39, 0.29) is 5.92 Å². The molecule has 6 heteroatoms. The van der Waals surface area contributed by atoms with E-state index in [4.69, 9.17) is 9.26 Å². The quantitative estimate of drug-likeness (QED) is 0.579. The summed E-state index contributed by atoms with van der Waals surface area (Å²) >= 11 is 0. The van der Waals surface area contributed by atoms with E-state index in [1.54, 1.807) is 7.11 Å². The van der Waals surface area contributed by atoms with Crippen LogP contribution in [-0.4, -0.2) is 41.1 Å². The fraction of sp³-hybridized carbons (Fsp3) is 0.591. The summed E-state index contributed by atoms with van der Waals surface area (Å²) in [5, 5.41) is 4.13. The maximum absolute atomic E-state index is 12.4. The van der Waals surface area contributed by atoms with Crippen LogP contribution in [0.1, 0.15) is 70.1 Å². The SMILES string of the molecule is CCCCCCCC(=O)N1CCC(c2nc(-c3ccc(OC)cc3)no2)CC1. The van der Waals surface area contributed by atoms with Crippen LogP contribution in [0.3, 0.4) is 0 Å². The topological polar surface area (TPSA) is 68.5 Å². The van der Waals surface area contributed by atoms with Gasteiger partial charge >= 0.3 is 0 Å². The van der Waals surface area contributed by atoms with E-state index < -0.39 is 0 Å². The molecule has 2 heterocycles. The molecule has 28 heavy (non-hydrogen) atoms. The third-order valence-corrected chi connectivity index (χ3v) is 5.48. The zero-order valence-corrected chi connectivity index (χ0v) is 17.0. The molecule has 0 saturated carbocycles. The van der Waals surface area contributed by atoms with Crippen molar-refractivity contribution >= 4 is 5.91 Å². The zero-order chi connectivity index (χ0) is 19.8. The Kier molecular flexibility index (Phi) is 7.46. The minimum Gasteiger partial charge on any atom is -0.497 e. The van der Waals surface area contributed by atoms with Crippen LogP contribution in [0.5, 0.6) is 5.75 Å². The Balaban J connectivity index is 1.47. The molecule has 3 rings (SSSR count). The first kappa shape index (κ1) is 20.4. The van der Waals surface area contributed by atoms with E-state index in [0.29, 0.717) is 24.0 Å². The monoisotopic (exact) mass is 385 g/mol. The third kappa shape index (κ3) is 5.33. The van der Waals surface area contributed by atoms with Gasteiger partial charge in [-0.3, -0.25) is 4.79 Å². The lowest BCUT2D eigenvalue weighted by Crippen LogP contribution is -2.37. The van der Waals surface area contributed by atoms with Gasteiger partial charge in [0.1, 0.15) is 5.75 Å². The van der Waals surface area contributed by atoms with E-state index in [9.17, 15) is 4.79 Å². The molecule has 1 amide bonds. The summed E-state index contributed by atoms with van der Waals surface area (Å²) in [5.41, 5.74) is 0.909. The van der Waals surface area contributed by atoms with Crippen LogP contribution in [0, 0.1) is 0 Å². The summed E-state index contributed by atoms with van der Waals surface area (Å²) in [5.74, 6) is 2.60. The predicted molar refractivity (Wildman–Crippen MR) is 108 cm³/mol. The van der Waals surface area contributed by atoms with E-state index in [1.807, 2.05) is 29.2 Å². The number of hydrogen-bond donors (Lipinski definition) is 0. The molecule has 152 valence electrons. The van der Waals surface area contributed by atoms with Gasteiger partial charge in [-0.1, -0.05) is 37.8 Å². The number of rotatable bonds is 9. The molecule has 1 aromatic heterocycles. The Hall–Kier alpha value is -2.37.